The molecular formula is C16H27N3O5. The molecule has 2 aliphatic heterocycles. The first-order valence-electron chi connectivity index (χ1n) is 8.33. The zero-order chi connectivity index (χ0) is 17.9. The highest BCUT2D eigenvalue weighted by Gasteiger charge is 2.44. The summed E-state index contributed by atoms with van der Waals surface area (Å²) in [7, 11) is 1.32. The summed E-state index contributed by atoms with van der Waals surface area (Å²) >= 11 is 0. The summed E-state index contributed by atoms with van der Waals surface area (Å²) in [6, 6.07) is -1.36. The zero-order valence-corrected chi connectivity index (χ0v) is 14.8. The third-order valence-corrected chi connectivity index (χ3v) is 4.22. The van der Waals surface area contributed by atoms with E-state index >= 15 is 0 Å². The van der Waals surface area contributed by atoms with Crippen LogP contribution >= 0.6 is 0 Å². The predicted octanol–water partition coefficient (Wildman–Crippen LogP) is 0.406. The Morgan fingerprint density at radius 3 is 2.58 bits per heavy atom. The molecular weight excluding hydrogens is 314 g/mol. The Kier molecular flexibility index (Phi) is 5.69. The first kappa shape index (κ1) is 18.5. The monoisotopic (exact) mass is 341 g/mol. The van der Waals surface area contributed by atoms with Crippen LogP contribution in [0.25, 0.3) is 0 Å². The summed E-state index contributed by atoms with van der Waals surface area (Å²) < 4.78 is 10.1. The summed E-state index contributed by atoms with van der Waals surface area (Å²) in [6.45, 7) is 6.29. The van der Waals surface area contributed by atoms with Crippen molar-refractivity contribution in [3.63, 3.8) is 0 Å². The van der Waals surface area contributed by atoms with Crippen molar-refractivity contribution >= 4 is 18.0 Å². The maximum absolute atomic E-state index is 12.9. The lowest BCUT2D eigenvalue weighted by Crippen LogP contribution is -2.59. The van der Waals surface area contributed by atoms with E-state index in [1.807, 2.05) is 0 Å². The van der Waals surface area contributed by atoms with Gasteiger partial charge in [0, 0.05) is 12.6 Å². The van der Waals surface area contributed by atoms with Gasteiger partial charge in [0.25, 0.3) is 0 Å². The minimum absolute atomic E-state index is 0.0164. The molecule has 2 rings (SSSR count). The number of fused-ring (bicyclic) bond motifs is 1. The maximum atomic E-state index is 12.9. The number of carbonyl (C=O) groups excluding carboxylic acids is 3. The van der Waals surface area contributed by atoms with E-state index in [-0.39, 0.29) is 11.9 Å². The van der Waals surface area contributed by atoms with Crippen LogP contribution in [0, 0.1) is 0 Å². The minimum Gasteiger partial charge on any atom is -0.467 e. The van der Waals surface area contributed by atoms with Gasteiger partial charge in [-0.15, -0.1) is 0 Å². The van der Waals surface area contributed by atoms with Crippen molar-refractivity contribution < 1.29 is 23.9 Å². The number of esters is 1. The molecule has 2 aliphatic rings. The highest BCUT2D eigenvalue weighted by atomic mass is 16.6. The Hall–Kier alpha value is -1.83. The van der Waals surface area contributed by atoms with Gasteiger partial charge in [-0.1, -0.05) is 0 Å². The quantitative estimate of drug-likeness (QED) is 0.706. The van der Waals surface area contributed by atoms with Gasteiger partial charge in [-0.25, -0.2) is 9.59 Å². The van der Waals surface area contributed by atoms with Crippen LogP contribution in [-0.2, 0) is 19.1 Å². The number of alkyl carbamates (subject to hydrolysis) is 1. The smallest absolute Gasteiger partial charge is 0.408 e. The van der Waals surface area contributed by atoms with Crippen LogP contribution < -0.4 is 10.6 Å². The predicted molar refractivity (Wildman–Crippen MR) is 86.3 cm³/mol. The van der Waals surface area contributed by atoms with E-state index < -0.39 is 29.7 Å². The van der Waals surface area contributed by atoms with Crippen LogP contribution in [0.4, 0.5) is 4.79 Å². The SMILES string of the molecule is COC(=O)C1CCC2CCNCC(NC(=O)OC(C)(C)C)C(=O)N21. The molecule has 136 valence electrons. The molecule has 8 heteroatoms. The maximum Gasteiger partial charge on any atom is 0.408 e. The standard InChI is InChI=1S/C16H27N3O5/c1-16(2,3)24-15(22)18-11-9-17-8-7-10-5-6-12(14(21)23-4)19(10)13(11)20/h10-12,17H,5-9H2,1-4H3,(H,18,22). The summed E-state index contributed by atoms with van der Waals surface area (Å²) in [5.41, 5.74) is -0.646. The van der Waals surface area contributed by atoms with Crippen molar-refractivity contribution in [1.29, 1.82) is 0 Å². The summed E-state index contributed by atoms with van der Waals surface area (Å²) in [5, 5.41) is 5.79. The molecule has 2 saturated heterocycles. The molecule has 3 atom stereocenters. The molecule has 3 unspecified atom stereocenters. The Labute approximate surface area is 142 Å². The Bertz CT molecular complexity index is 502. The van der Waals surface area contributed by atoms with Gasteiger partial charge in [0.2, 0.25) is 5.91 Å². The molecule has 0 radical (unpaired) electrons. The van der Waals surface area contributed by atoms with Gasteiger partial charge in [0.15, 0.2) is 0 Å². The van der Waals surface area contributed by atoms with Crippen molar-refractivity contribution in [2.75, 3.05) is 20.2 Å². The van der Waals surface area contributed by atoms with E-state index in [9.17, 15) is 14.4 Å². The third kappa shape index (κ3) is 4.37. The molecule has 0 saturated carbocycles. The van der Waals surface area contributed by atoms with E-state index in [1.165, 1.54) is 7.11 Å². The van der Waals surface area contributed by atoms with Gasteiger partial charge < -0.3 is 25.0 Å². The van der Waals surface area contributed by atoms with E-state index in [0.29, 0.717) is 13.0 Å². The second-order valence-electron chi connectivity index (χ2n) is 7.21. The first-order valence-corrected chi connectivity index (χ1v) is 8.33. The lowest BCUT2D eigenvalue weighted by molar-refractivity contribution is -0.153. The fraction of sp³-hybridized carbons (Fsp3) is 0.812. The summed E-state index contributed by atoms with van der Waals surface area (Å²) in [6.07, 6.45) is 1.47. The molecule has 0 aliphatic carbocycles. The van der Waals surface area contributed by atoms with Crippen molar-refractivity contribution in [1.82, 2.24) is 15.5 Å². The Morgan fingerprint density at radius 1 is 1.25 bits per heavy atom. The number of nitrogens with one attached hydrogen (secondary N) is 2. The molecule has 2 amide bonds. The average Bonchev–Trinajstić information content (AvgIpc) is 2.88. The van der Waals surface area contributed by atoms with Crippen molar-refractivity contribution in [3.05, 3.63) is 0 Å². The number of nitrogens with zero attached hydrogens (tertiary/aromatic N) is 1. The average molecular weight is 341 g/mol. The largest absolute Gasteiger partial charge is 0.467 e. The fourth-order valence-corrected chi connectivity index (χ4v) is 3.21. The molecule has 2 N–H and O–H groups in total. The van der Waals surface area contributed by atoms with Gasteiger partial charge in [0.05, 0.1) is 7.11 Å². The number of rotatable bonds is 2. The van der Waals surface area contributed by atoms with Gasteiger partial charge in [-0.05, 0) is 46.6 Å². The highest BCUT2D eigenvalue weighted by Crippen LogP contribution is 2.28. The second kappa shape index (κ2) is 7.38. The minimum atomic E-state index is -0.770. The molecule has 2 heterocycles. The Balaban J connectivity index is 2.12. The van der Waals surface area contributed by atoms with Gasteiger partial charge in [-0.2, -0.15) is 0 Å². The first-order chi connectivity index (χ1) is 11.2. The normalized spacial score (nSPS) is 27.8. The summed E-state index contributed by atoms with van der Waals surface area (Å²) in [5.74, 6) is -0.679. The fourth-order valence-electron chi connectivity index (χ4n) is 3.21. The highest BCUT2D eigenvalue weighted by molar-refractivity contribution is 5.90. The van der Waals surface area contributed by atoms with Crippen LogP contribution in [0.5, 0.6) is 0 Å². The van der Waals surface area contributed by atoms with Crippen LogP contribution in [-0.4, -0.2) is 66.8 Å². The van der Waals surface area contributed by atoms with E-state index in [2.05, 4.69) is 10.6 Å². The number of hydrogen-bond acceptors (Lipinski definition) is 6. The van der Waals surface area contributed by atoms with Crippen LogP contribution in [0.15, 0.2) is 0 Å². The van der Waals surface area contributed by atoms with Crippen molar-refractivity contribution in [2.45, 2.75) is 63.8 Å². The zero-order valence-electron chi connectivity index (χ0n) is 14.8. The van der Waals surface area contributed by atoms with E-state index in [4.69, 9.17) is 9.47 Å². The lowest BCUT2D eigenvalue weighted by atomic mass is 10.1. The topological polar surface area (TPSA) is 97.0 Å². The summed E-state index contributed by atoms with van der Waals surface area (Å²) in [4.78, 5) is 38.5. The van der Waals surface area contributed by atoms with Crippen LogP contribution in [0.3, 0.4) is 0 Å². The van der Waals surface area contributed by atoms with Gasteiger partial charge >= 0.3 is 12.1 Å². The molecule has 0 aromatic heterocycles. The molecule has 0 aromatic carbocycles. The van der Waals surface area contributed by atoms with Crippen molar-refractivity contribution in [3.8, 4) is 0 Å². The van der Waals surface area contributed by atoms with E-state index in [0.717, 1.165) is 19.4 Å². The number of hydrogen-bond donors (Lipinski definition) is 2. The Morgan fingerprint density at radius 2 is 1.96 bits per heavy atom. The number of carbonyl (C=O) groups is 3. The number of methoxy groups -OCH3 is 1. The molecule has 0 aromatic rings. The molecule has 0 spiro atoms. The number of amides is 2. The molecule has 0 bridgehead atoms. The number of ether oxygens (including phenoxy) is 2. The van der Waals surface area contributed by atoms with Crippen LogP contribution in [0.2, 0.25) is 0 Å². The molecule has 2 fully saturated rings. The van der Waals surface area contributed by atoms with Gasteiger partial charge in [-0.3, -0.25) is 4.79 Å². The third-order valence-electron chi connectivity index (χ3n) is 4.22. The second-order valence-corrected chi connectivity index (χ2v) is 7.21. The van der Waals surface area contributed by atoms with E-state index in [1.54, 1.807) is 25.7 Å². The van der Waals surface area contributed by atoms with Crippen molar-refractivity contribution in [2.24, 2.45) is 0 Å². The molecule has 8 nitrogen and oxygen atoms in total. The lowest BCUT2D eigenvalue weighted by Gasteiger charge is -2.35. The van der Waals surface area contributed by atoms with Gasteiger partial charge in [0.1, 0.15) is 17.7 Å². The molecule has 24 heavy (non-hydrogen) atoms. The van der Waals surface area contributed by atoms with Crippen LogP contribution in [0.1, 0.15) is 40.0 Å².